The largest absolute Gasteiger partial charge is 0.481 e. The van der Waals surface area contributed by atoms with Gasteiger partial charge in [0.1, 0.15) is 0 Å². The third-order valence-corrected chi connectivity index (χ3v) is 3.51. The molecule has 0 heterocycles. The quantitative estimate of drug-likeness (QED) is 0.736. The average molecular weight is 238 g/mol. The van der Waals surface area contributed by atoms with Gasteiger partial charge in [0.25, 0.3) is 0 Å². The first kappa shape index (κ1) is 13.1. The molecule has 0 amide bonds. The topological polar surface area (TPSA) is 37.3 Å². The van der Waals surface area contributed by atoms with E-state index in [-0.39, 0.29) is 5.92 Å². The van der Waals surface area contributed by atoms with Crippen molar-refractivity contribution < 1.29 is 9.90 Å². The van der Waals surface area contributed by atoms with Crippen molar-refractivity contribution in [2.75, 3.05) is 5.75 Å². The lowest BCUT2D eigenvalue weighted by molar-refractivity contribution is -0.142. The van der Waals surface area contributed by atoms with Gasteiger partial charge in [-0.25, -0.2) is 0 Å². The van der Waals surface area contributed by atoms with E-state index in [1.807, 2.05) is 25.1 Å². The summed E-state index contributed by atoms with van der Waals surface area (Å²) >= 11 is 1.73. The maximum Gasteiger partial charge on any atom is 0.306 e. The smallest absolute Gasteiger partial charge is 0.306 e. The van der Waals surface area contributed by atoms with Crippen molar-refractivity contribution >= 4 is 17.7 Å². The highest BCUT2D eigenvalue weighted by Crippen LogP contribution is 2.21. The van der Waals surface area contributed by atoms with Crippen molar-refractivity contribution in [2.24, 2.45) is 5.92 Å². The third-order valence-electron chi connectivity index (χ3n) is 2.46. The van der Waals surface area contributed by atoms with Gasteiger partial charge in [-0.1, -0.05) is 31.5 Å². The summed E-state index contributed by atoms with van der Waals surface area (Å²) in [6.45, 7) is 2.03. The molecule has 1 atom stereocenters. The molecule has 2 nitrogen and oxygen atoms in total. The van der Waals surface area contributed by atoms with Crippen LogP contribution in [0, 0.1) is 5.92 Å². The van der Waals surface area contributed by atoms with Gasteiger partial charge in [-0.2, -0.15) is 0 Å². The molecule has 3 heteroatoms. The molecule has 0 saturated heterocycles. The summed E-state index contributed by atoms with van der Waals surface area (Å²) in [5.41, 5.74) is 0. The second kappa shape index (κ2) is 7.34. The molecule has 1 aromatic rings. The summed E-state index contributed by atoms with van der Waals surface area (Å²) in [6.07, 6.45) is 2.47. The zero-order valence-electron chi connectivity index (χ0n) is 9.56. The van der Waals surface area contributed by atoms with Crippen LogP contribution in [0.4, 0.5) is 0 Å². The summed E-state index contributed by atoms with van der Waals surface area (Å²) in [7, 11) is 0. The zero-order chi connectivity index (χ0) is 11.8. The molecular weight excluding hydrogens is 220 g/mol. The van der Waals surface area contributed by atoms with Gasteiger partial charge in [0.15, 0.2) is 0 Å². The minimum Gasteiger partial charge on any atom is -0.481 e. The Morgan fingerprint density at radius 3 is 2.56 bits per heavy atom. The molecule has 0 radical (unpaired) electrons. The lowest BCUT2D eigenvalue weighted by Crippen LogP contribution is -2.14. The van der Waals surface area contributed by atoms with Crippen molar-refractivity contribution in [1.82, 2.24) is 0 Å². The Hall–Kier alpha value is -0.960. The third kappa shape index (κ3) is 4.71. The lowest BCUT2D eigenvalue weighted by atomic mass is 10.0. The van der Waals surface area contributed by atoms with E-state index in [0.29, 0.717) is 0 Å². The highest BCUT2D eigenvalue weighted by molar-refractivity contribution is 7.99. The van der Waals surface area contributed by atoms with E-state index >= 15 is 0 Å². The van der Waals surface area contributed by atoms with Gasteiger partial charge in [0.05, 0.1) is 5.92 Å². The van der Waals surface area contributed by atoms with Crippen molar-refractivity contribution in [3.63, 3.8) is 0 Å². The number of aliphatic carboxylic acids is 1. The second-order valence-electron chi connectivity index (χ2n) is 3.77. The van der Waals surface area contributed by atoms with E-state index in [2.05, 4.69) is 12.1 Å². The van der Waals surface area contributed by atoms with Crippen LogP contribution < -0.4 is 0 Å². The van der Waals surface area contributed by atoms with Gasteiger partial charge in [0, 0.05) is 4.90 Å². The van der Waals surface area contributed by atoms with Crippen LogP contribution >= 0.6 is 11.8 Å². The summed E-state index contributed by atoms with van der Waals surface area (Å²) in [6, 6.07) is 10.1. The first-order valence-electron chi connectivity index (χ1n) is 5.64. The Bertz CT molecular complexity index is 311. The summed E-state index contributed by atoms with van der Waals surface area (Å²) < 4.78 is 0. The predicted molar refractivity (Wildman–Crippen MR) is 67.8 cm³/mol. The summed E-state index contributed by atoms with van der Waals surface area (Å²) in [5.74, 6) is 0.0396. The number of carboxylic acids is 1. The highest BCUT2D eigenvalue weighted by Gasteiger charge is 2.15. The first-order valence-corrected chi connectivity index (χ1v) is 6.63. The van der Waals surface area contributed by atoms with Crippen LogP contribution in [0.1, 0.15) is 26.2 Å². The summed E-state index contributed by atoms with van der Waals surface area (Å²) in [5, 5.41) is 8.99. The highest BCUT2D eigenvalue weighted by atomic mass is 32.2. The maximum absolute atomic E-state index is 10.9. The number of hydrogen-bond donors (Lipinski definition) is 1. The Kier molecular flexibility index (Phi) is 6.01. The van der Waals surface area contributed by atoms with Crippen molar-refractivity contribution in [2.45, 2.75) is 31.1 Å². The number of rotatable bonds is 7. The molecule has 0 fully saturated rings. The molecule has 0 bridgehead atoms. The van der Waals surface area contributed by atoms with Crippen LogP contribution in [-0.4, -0.2) is 16.8 Å². The Labute approximate surface area is 101 Å². The molecule has 16 heavy (non-hydrogen) atoms. The fraction of sp³-hybridized carbons (Fsp3) is 0.462. The zero-order valence-corrected chi connectivity index (χ0v) is 10.4. The first-order chi connectivity index (χ1) is 7.74. The molecule has 88 valence electrons. The van der Waals surface area contributed by atoms with Crippen LogP contribution in [0.5, 0.6) is 0 Å². The molecule has 0 aliphatic carbocycles. The van der Waals surface area contributed by atoms with Gasteiger partial charge >= 0.3 is 5.97 Å². The van der Waals surface area contributed by atoms with E-state index < -0.39 is 5.97 Å². The normalized spacial score (nSPS) is 12.3. The standard InChI is InChI=1S/C13H18O2S/c1-2-6-11(13(14)15)9-10-16-12-7-4-3-5-8-12/h3-5,7-8,11H,2,6,9-10H2,1H3,(H,14,15). The summed E-state index contributed by atoms with van der Waals surface area (Å²) in [4.78, 5) is 12.1. The number of thioether (sulfide) groups is 1. The molecule has 0 aliphatic rings. The van der Waals surface area contributed by atoms with Crippen molar-refractivity contribution in [1.29, 1.82) is 0 Å². The Morgan fingerprint density at radius 2 is 2.00 bits per heavy atom. The molecule has 0 saturated carbocycles. The minimum atomic E-state index is -0.657. The average Bonchev–Trinajstić information content (AvgIpc) is 2.29. The lowest BCUT2D eigenvalue weighted by Gasteiger charge is -2.10. The van der Waals surface area contributed by atoms with Gasteiger partial charge in [0.2, 0.25) is 0 Å². The molecule has 1 rings (SSSR count). The maximum atomic E-state index is 10.9. The number of carboxylic acid groups (broad SMARTS) is 1. The molecule has 1 aromatic carbocycles. The minimum absolute atomic E-state index is 0.179. The van der Waals surface area contributed by atoms with Crippen LogP contribution in [0.25, 0.3) is 0 Å². The number of benzene rings is 1. The van der Waals surface area contributed by atoms with Gasteiger partial charge in [-0.3, -0.25) is 4.79 Å². The monoisotopic (exact) mass is 238 g/mol. The fourth-order valence-electron chi connectivity index (χ4n) is 1.58. The van der Waals surface area contributed by atoms with E-state index in [1.165, 1.54) is 4.90 Å². The fourth-order valence-corrected chi connectivity index (χ4v) is 2.56. The van der Waals surface area contributed by atoms with Crippen LogP contribution in [0.2, 0.25) is 0 Å². The number of carbonyl (C=O) groups is 1. The van der Waals surface area contributed by atoms with E-state index in [0.717, 1.165) is 25.0 Å². The molecule has 0 aliphatic heterocycles. The second-order valence-corrected chi connectivity index (χ2v) is 4.94. The van der Waals surface area contributed by atoms with E-state index in [9.17, 15) is 4.79 Å². The molecule has 1 unspecified atom stereocenters. The van der Waals surface area contributed by atoms with Crippen LogP contribution in [0.15, 0.2) is 35.2 Å². The molecule has 0 spiro atoms. The van der Waals surface area contributed by atoms with Gasteiger partial charge in [-0.15, -0.1) is 11.8 Å². The van der Waals surface area contributed by atoms with Crippen LogP contribution in [0.3, 0.4) is 0 Å². The number of hydrogen-bond acceptors (Lipinski definition) is 2. The van der Waals surface area contributed by atoms with E-state index in [4.69, 9.17) is 5.11 Å². The van der Waals surface area contributed by atoms with Crippen LogP contribution in [-0.2, 0) is 4.79 Å². The van der Waals surface area contributed by atoms with Gasteiger partial charge in [-0.05, 0) is 30.7 Å². The molecular formula is C13H18O2S. The van der Waals surface area contributed by atoms with Crippen molar-refractivity contribution in [3.8, 4) is 0 Å². The SMILES string of the molecule is CCCC(CCSc1ccccc1)C(=O)O. The Morgan fingerprint density at radius 1 is 1.31 bits per heavy atom. The molecule has 1 N–H and O–H groups in total. The predicted octanol–water partition coefficient (Wildman–Crippen LogP) is 3.67. The van der Waals surface area contributed by atoms with Gasteiger partial charge < -0.3 is 5.11 Å². The Balaban J connectivity index is 2.31. The van der Waals surface area contributed by atoms with Crippen molar-refractivity contribution in [3.05, 3.63) is 30.3 Å². The molecule has 0 aromatic heterocycles. The van der Waals surface area contributed by atoms with E-state index in [1.54, 1.807) is 11.8 Å².